The Bertz CT molecular complexity index is 558. The number of hydrogen-bond donors (Lipinski definition) is 2. The molecule has 2 N–H and O–H groups in total. The highest BCUT2D eigenvalue weighted by Crippen LogP contribution is 2.09. The van der Waals surface area contributed by atoms with Gasteiger partial charge in [0.1, 0.15) is 5.82 Å². The summed E-state index contributed by atoms with van der Waals surface area (Å²) in [7, 11) is 3.94. The van der Waals surface area contributed by atoms with Gasteiger partial charge in [-0.2, -0.15) is 0 Å². The summed E-state index contributed by atoms with van der Waals surface area (Å²) in [6, 6.07) is 5.64. The van der Waals surface area contributed by atoms with Crippen molar-refractivity contribution in [3.8, 4) is 0 Å². The summed E-state index contributed by atoms with van der Waals surface area (Å²) in [6.45, 7) is 9.98. The summed E-state index contributed by atoms with van der Waals surface area (Å²) < 4.78 is 13.3. The number of benzene rings is 1. The van der Waals surface area contributed by atoms with Gasteiger partial charge in [-0.3, -0.25) is 9.89 Å². The van der Waals surface area contributed by atoms with E-state index in [1.165, 1.54) is 6.07 Å². The van der Waals surface area contributed by atoms with Crippen molar-refractivity contribution in [1.29, 1.82) is 0 Å². The minimum Gasteiger partial charge on any atom is -0.355 e. The van der Waals surface area contributed by atoms with Crippen LogP contribution in [-0.4, -0.2) is 68.6 Å². The van der Waals surface area contributed by atoms with Crippen LogP contribution in [0.2, 0.25) is 0 Å². The van der Waals surface area contributed by atoms with Crippen molar-refractivity contribution in [2.24, 2.45) is 4.99 Å². The molecule has 1 unspecified atom stereocenters. The first-order valence-electron chi connectivity index (χ1n) is 8.61. The van der Waals surface area contributed by atoms with Crippen molar-refractivity contribution in [3.05, 3.63) is 35.1 Å². The van der Waals surface area contributed by atoms with Gasteiger partial charge in [0, 0.05) is 52.4 Å². The summed E-state index contributed by atoms with van der Waals surface area (Å²) in [5.74, 6) is 0.611. The molecular weight excluding hydrogens is 432 g/mol. The van der Waals surface area contributed by atoms with E-state index in [4.69, 9.17) is 0 Å². The molecule has 7 heteroatoms. The number of nitrogens with zero attached hydrogens (tertiary/aromatic N) is 3. The summed E-state index contributed by atoms with van der Waals surface area (Å²) in [6.07, 6.45) is 0. The number of rotatable bonds is 5. The third-order valence-electron chi connectivity index (χ3n) is 4.63. The van der Waals surface area contributed by atoms with Crippen LogP contribution in [0.15, 0.2) is 23.2 Å². The molecule has 0 spiro atoms. The lowest BCUT2D eigenvalue weighted by molar-refractivity contribution is 0.120. The Morgan fingerprint density at radius 2 is 1.92 bits per heavy atom. The average molecular weight is 463 g/mol. The van der Waals surface area contributed by atoms with Gasteiger partial charge in [-0.15, -0.1) is 24.0 Å². The molecule has 1 fully saturated rings. The third-order valence-corrected chi connectivity index (χ3v) is 4.63. The first-order valence-corrected chi connectivity index (χ1v) is 8.61. The van der Waals surface area contributed by atoms with Crippen LogP contribution in [0.4, 0.5) is 4.39 Å². The average Bonchev–Trinajstić information content (AvgIpc) is 2.58. The van der Waals surface area contributed by atoms with E-state index in [1.54, 1.807) is 20.0 Å². The van der Waals surface area contributed by atoms with Crippen LogP contribution in [0.1, 0.15) is 18.1 Å². The van der Waals surface area contributed by atoms with Gasteiger partial charge in [-0.05, 0) is 38.1 Å². The first-order chi connectivity index (χ1) is 11.5. The molecule has 1 aromatic carbocycles. The summed E-state index contributed by atoms with van der Waals surface area (Å²) in [5.41, 5.74) is 1.71. The number of piperazine rings is 1. The zero-order chi connectivity index (χ0) is 17.5. The summed E-state index contributed by atoms with van der Waals surface area (Å²) in [5, 5.41) is 6.67. The highest BCUT2D eigenvalue weighted by atomic mass is 127. The van der Waals surface area contributed by atoms with E-state index < -0.39 is 0 Å². The van der Waals surface area contributed by atoms with Crippen LogP contribution in [0.25, 0.3) is 0 Å². The standard InChI is InChI=1S/C18H30FN5.HI/c1-14-11-16(5-6-17(14)19)13-22-18(20-3)21-12-15(2)24-9-7-23(4)8-10-24;/h5-6,11,15H,7-10,12-13H2,1-4H3,(H2,20,21,22);1H. The second-order valence-electron chi connectivity index (χ2n) is 6.58. The normalized spacial score (nSPS) is 17.7. The maximum Gasteiger partial charge on any atom is 0.191 e. The highest BCUT2D eigenvalue weighted by Gasteiger charge is 2.19. The molecule has 2 rings (SSSR count). The zero-order valence-electron chi connectivity index (χ0n) is 15.7. The largest absolute Gasteiger partial charge is 0.355 e. The maximum atomic E-state index is 13.3. The number of nitrogens with one attached hydrogen (secondary N) is 2. The van der Waals surface area contributed by atoms with E-state index >= 15 is 0 Å². The van der Waals surface area contributed by atoms with Crippen LogP contribution in [0, 0.1) is 12.7 Å². The molecule has 142 valence electrons. The smallest absolute Gasteiger partial charge is 0.191 e. The van der Waals surface area contributed by atoms with Crippen molar-refractivity contribution >= 4 is 29.9 Å². The molecule has 1 atom stereocenters. The second-order valence-corrected chi connectivity index (χ2v) is 6.58. The van der Waals surface area contributed by atoms with Crippen molar-refractivity contribution in [3.63, 3.8) is 0 Å². The SMILES string of the molecule is CN=C(NCc1ccc(F)c(C)c1)NCC(C)N1CCN(C)CC1.I. The second kappa shape index (κ2) is 10.9. The molecule has 5 nitrogen and oxygen atoms in total. The minimum absolute atomic E-state index is 0. The molecule has 0 amide bonds. The monoisotopic (exact) mass is 463 g/mol. The molecule has 25 heavy (non-hydrogen) atoms. The molecule has 1 heterocycles. The molecule has 0 radical (unpaired) electrons. The van der Waals surface area contributed by atoms with Crippen LogP contribution >= 0.6 is 24.0 Å². The Balaban J connectivity index is 0.00000312. The Kier molecular flexibility index (Phi) is 9.66. The number of halogens is 2. The molecule has 0 aromatic heterocycles. The first kappa shape index (κ1) is 22.1. The summed E-state index contributed by atoms with van der Waals surface area (Å²) >= 11 is 0. The highest BCUT2D eigenvalue weighted by molar-refractivity contribution is 14.0. The number of guanidine groups is 1. The quantitative estimate of drug-likeness (QED) is 0.399. The molecule has 1 aromatic rings. The van der Waals surface area contributed by atoms with Gasteiger partial charge in [0.2, 0.25) is 0 Å². The molecule has 1 saturated heterocycles. The predicted molar refractivity (Wildman–Crippen MR) is 113 cm³/mol. The fraction of sp³-hybridized carbons (Fsp3) is 0.611. The van der Waals surface area contributed by atoms with Crippen molar-refractivity contribution in [2.75, 3.05) is 46.8 Å². The van der Waals surface area contributed by atoms with Crippen LogP contribution in [0.3, 0.4) is 0 Å². The number of aryl methyl sites for hydroxylation is 1. The lowest BCUT2D eigenvalue weighted by Crippen LogP contribution is -2.52. The van der Waals surface area contributed by atoms with Crippen molar-refractivity contribution in [2.45, 2.75) is 26.4 Å². The predicted octanol–water partition coefficient (Wildman–Crippen LogP) is 2.05. The summed E-state index contributed by atoms with van der Waals surface area (Å²) in [4.78, 5) is 9.13. The lowest BCUT2D eigenvalue weighted by atomic mass is 10.1. The van der Waals surface area contributed by atoms with Gasteiger partial charge < -0.3 is 15.5 Å². The van der Waals surface area contributed by atoms with Crippen LogP contribution in [0.5, 0.6) is 0 Å². The van der Waals surface area contributed by atoms with Gasteiger partial charge in [-0.25, -0.2) is 4.39 Å². The van der Waals surface area contributed by atoms with Gasteiger partial charge in [0.05, 0.1) is 0 Å². The van der Waals surface area contributed by atoms with E-state index in [0.29, 0.717) is 18.2 Å². The van der Waals surface area contributed by atoms with E-state index in [-0.39, 0.29) is 29.8 Å². The molecule has 0 saturated carbocycles. The fourth-order valence-corrected chi connectivity index (χ4v) is 2.86. The zero-order valence-corrected chi connectivity index (χ0v) is 18.0. The number of hydrogen-bond acceptors (Lipinski definition) is 3. The molecular formula is C18H31FIN5. The Morgan fingerprint density at radius 3 is 2.52 bits per heavy atom. The minimum atomic E-state index is -0.165. The van der Waals surface area contributed by atoms with E-state index in [1.807, 2.05) is 6.07 Å². The maximum absolute atomic E-state index is 13.3. The van der Waals surface area contributed by atoms with E-state index in [0.717, 1.165) is 44.2 Å². The third kappa shape index (κ3) is 7.07. The number of likely N-dealkylation sites (N-methyl/N-ethyl adjacent to an activating group) is 1. The van der Waals surface area contributed by atoms with Gasteiger partial charge in [0.15, 0.2) is 5.96 Å². The molecule has 0 bridgehead atoms. The Morgan fingerprint density at radius 1 is 1.24 bits per heavy atom. The van der Waals surface area contributed by atoms with Crippen LogP contribution < -0.4 is 10.6 Å². The Labute approximate surface area is 168 Å². The van der Waals surface area contributed by atoms with E-state index in [9.17, 15) is 4.39 Å². The lowest BCUT2D eigenvalue weighted by Gasteiger charge is -2.36. The van der Waals surface area contributed by atoms with Gasteiger partial charge >= 0.3 is 0 Å². The van der Waals surface area contributed by atoms with Crippen molar-refractivity contribution < 1.29 is 4.39 Å². The topological polar surface area (TPSA) is 42.9 Å². The van der Waals surface area contributed by atoms with Crippen LogP contribution in [-0.2, 0) is 6.54 Å². The molecule has 1 aliphatic heterocycles. The molecule has 1 aliphatic rings. The molecule has 0 aliphatic carbocycles. The number of aliphatic imine (C=N–C) groups is 1. The van der Waals surface area contributed by atoms with E-state index in [2.05, 4.69) is 39.4 Å². The van der Waals surface area contributed by atoms with Gasteiger partial charge in [0.25, 0.3) is 0 Å². The van der Waals surface area contributed by atoms with Crippen molar-refractivity contribution in [1.82, 2.24) is 20.4 Å². The van der Waals surface area contributed by atoms with Gasteiger partial charge in [-0.1, -0.05) is 12.1 Å². The fourth-order valence-electron chi connectivity index (χ4n) is 2.86. The Hall–Kier alpha value is -0.930.